The highest BCUT2D eigenvalue weighted by atomic mass is 19.3. The first-order valence-electron chi connectivity index (χ1n) is 9.74. The third-order valence-electron chi connectivity index (χ3n) is 4.95. The first-order chi connectivity index (χ1) is 13.5. The minimum atomic E-state index is -3.05. The van der Waals surface area contributed by atoms with E-state index in [-0.39, 0.29) is 12.2 Å². The molecule has 2 fully saturated rings. The Labute approximate surface area is 163 Å². The van der Waals surface area contributed by atoms with E-state index in [0.717, 1.165) is 12.8 Å². The van der Waals surface area contributed by atoms with E-state index in [9.17, 15) is 13.2 Å². The topological polar surface area (TPSA) is 46.2 Å². The van der Waals surface area contributed by atoms with Crippen molar-refractivity contribution in [2.75, 3.05) is 26.4 Å². The highest BCUT2D eigenvalue weighted by Gasteiger charge is 2.33. The zero-order valence-electron chi connectivity index (χ0n) is 16.0. The van der Waals surface area contributed by atoms with Gasteiger partial charge in [-0.2, -0.15) is 8.78 Å². The van der Waals surface area contributed by atoms with Gasteiger partial charge in [0.1, 0.15) is 0 Å². The Kier molecular flexibility index (Phi) is 7.96. The van der Waals surface area contributed by atoms with Crippen molar-refractivity contribution in [1.29, 1.82) is 0 Å². The zero-order chi connectivity index (χ0) is 19.9. The van der Waals surface area contributed by atoms with Gasteiger partial charge >= 0.3 is 6.61 Å². The van der Waals surface area contributed by atoms with Gasteiger partial charge in [-0.3, -0.25) is 0 Å². The van der Waals surface area contributed by atoms with Gasteiger partial charge in [0.05, 0.1) is 32.3 Å². The SMILES string of the molecule is CCC[C@H]1CO[C@H]([C@H]2CO[C@H](CCc3ccc(OC(F)F)c(F)c3)OC2)OC1. The van der Waals surface area contributed by atoms with Gasteiger partial charge in [-0.05, 0) is 30.5 Å². The number of ether oxygens (including phenoxy) is 5. The number of rotatable bonds is 8. The third kappa shape index (κ3) is 6.07. The summed E-state index contributed by atoms with van der Waals surface area (Å²) in [7, 11) is 0. The zero-order valence-corrected chi connectivity index (χ0v) is 16.0. The molecule has 0 bridgehead atoms. The highest BCUT2D eigenvalue weighted by molar-refractivity contribution is 5.29. The molecule has 0 atom stereocenters. The Hall–Kier alpha value is -1.35. The number of aryl methyl sites for hydroxylation is 1. The lowest BCUT2D eigenvalue weighted by Crippen LogP contribution is -2.44. The Morgan fingerprint density at radius 2 is 1.75 bits per heavy atom. The summed E-state index contributed by atoms with van der Waals surface area (Å²) >= 11 is 0. The number of hydrogen-bond acceptors (Lipinski definition) is 5. The van der Waals surface area contributed by atoms with Crippen LogP contribution in [0.5, 0.6) is 5.75 Å². The number of hydrogen-bond donors (Lipinski definition) is 0. The molecule has 1 aromatic rings. The Morgan fingerprint density at radius 1 is 1.04 bits per heavy atom. The largest absolute Gasteiger partial charge is 0.432 e. The monoisotopic (exact) mass is 404 g/mol. The summed E-state index contributed by atoms with van der Waals surface area (Å²) < 4.78 is 65.3. The molecule has 0 amide bonds. The average Bonchev–Trinajstić information content (AvgIpc) is 2.69. The molecule has 2 aliphatic heterocycles. The predicted octanol–water partition coefficient (Wildman–Crippen LogP) is 4.14. The third-order valence-corrected chi connectivity index (χ3v) is 4.95. The first-order valence-corrected chi connectivity index (χ1v) is 9.74. The lowest BCUT2D eigenvalue weighted by molar-refractivity contribution is -0.281. The fraction of sp³-hybridized carbons (Fsp3) is 0.700. The van der Waals surface area contributed by atoms with E-state index >= 15 is 0 Å². The second kappa shape index (κ2) is 10.4. The van der Waals surface area contributed by atoms with Gasteiger partial charge < -0.3 is 23.7 Å². The molecule has 0 unspecified atom stereocenters. The summed E-state index contributed by atoms with van der Waals surface area (Å²) in [6, 6.07) is 3.96. The van der Waals surface area contributed by atoms with Crippen LogP contribution in [-0.2, 0) is 25.4 Å². The van der Waals surface area contributed by atoms with Gasteiger partial charge in [-0.25, -0.2) is 4.39 Å². The Bertz CT molecular complexity index is 600. The van der Waals surface area contributed by atoms with Crippen LogP contribution in [0.2, 0.25) is 0 Å². The normalized spacial score (nSPS) is 28.5. The molecule has 3 rings (SSSR count). The minimum absolute atomic E-state index is 0.0297. The van der Waals surface area contributed by atoms with Crippen molar-refractivity contribution in [3.63, 3.8) is 0 Å². The summed E-state index contributed by atoms with van der Waals surface area (Å²) in [5.41, 5.74) is 0.661. The molecular weight excluding hydrogens is 377 g/mol. The van der Waals surface area contributed by atoms with Crippen LogP contribution in [0.15, 0.2) is 18.2 Å². The maximum atomic E-state index is 13.8. The molecule has 0 N–H and O–H groups in total. The summed E-state index contributed by atoms with van der Waals surface area (Å²) in [5.74, 6) is -0.781. The van der Waals surface area contributed by atoms with Crippen LogP contribution < -0.4 is 4.74 Å². The van der Waals surface area contributed by atoms with Crippen molar-refractivity contribution in [2.45, 2.75) is 51.8 Å². The molecule has 0 spiro atoms. The smallest absolute Gasteiger partial charge is 0.387 e. The lowest BCUT2D eigenvalue weighted by Gasteiger charge is -2.37. The van der Waals surface area contributed by atoms with Gasteiger partial charge in [0.25, 0.3) is 0 Å². The molecule has 2 aliphatic rings. The fourth-order valence-corrected chi connectivity index (χ4v) is 3.46. The fourth-order valence-electron chi connectivity index (χ4n) is 3.46. The molecule has 158 valence electrons. The van der Waals surface area contributed by atoms with E-state index in [2.05, 4.69) is 11.7 Å². The maximum Gasteiger partial charge on any atom is 0.387 e. The van der Waals surface area contributed by atoms with Crippen LogP contribution in [0.25, 0.3) is 0 Å². The Morgan fingerprint density at radius 3 is 2.36 bits per heavy atom. The van der Waals surface area contributed by atoms with Crippen LogP contribution in [0, 0.1) is 17.7 Å². The summed E-state index contributed by atoms with van der Waals surface area (Å²) in [6.07, 6.45) is 2.55. The predicted molar refractivity (Wildman–Crippen MR) is 94.6 cm³/mol. The van der Waals surface area contributed by atoms with Crippen LogP contribution in [0.3, 0.4) is 0 Å². The van der Waals surface area contributed by atoms with Gasteiger partial charge in [-0.15, -0.1) is 0 Å². The van der Waals surface area contributed by atoms with Gasteiger partial charge in [0.2, 0.25) is 0 Å². The van der Waals surface area contributed by atoms with Crippen LogP contribution >= 0.6 is 0 Å². The van der Waals surface area contributed by atoms with Crippen molar-refractivity contribution in [2.24, 2.45) is 11.8 Å². The quantitative estimate of drug-likeness (QED) is 0.652. The molecule has 2 saturated heterocycles. The van der Waals surface area contributed by atoms with Crippen molar-refractivity contribution in [3.05, 3.63) is 29.6 Å². The van der Waals surface area contributed by atoms with Crippen molar-refractivity contribution in [3.8, 4) is 5.75 Å². The van der Waals surface area contributed by atoms with E-state index in [4.69, 9.17) is 18.9 Å². The molecule has 2 heterocycles. The van der Waals surface area contributed by atoms with Crippen molar-refractivity contribution >= 4 is 0 Å². The van der Waals surface area contributed by atoms with E-state index in [1.165, 1.54) is 12.1 Å². The average molecular weight is 404 g/mol. The van der Waals surface area contributed by atoms with Gasteiger partial charge in [-0.1, -0.05) is 19.4 Å². The standard InChI is InChI=1S/C20H27F3O5/c1-2-3-14-9-26-19(27-10-14)15-11-24-18(25-12-15)7-5-13-4-6-17(16(21)8-13)28-20(22)23/h4,6,8,14-15,18-20H,2-3,5,7,9-12H2,1H3/t14-,15-,18-,19-. The molecule has 0 aliphatic carbocycles. The van der Waals surface area contributed by atoms with Crippen LogP contribution in [0.4, 0.5) is 13.2 Å². The number of halogens is 3. The molecule has 8 heteroatoms. The van der Waals surface area contributed by atoms with Crippen LogP contribution in [-0.4, -0.2) is 45.6 Å². The summed E-state index contributed by atoms with van der Waals surface area (Å²) in [5, 5.41) is 0. The Balaban J connectivity index is 1.38. The molecule has 5 nitrogen and oxygen atoms in total. The van der Waals surface area contributed by atoms with E-state index in [1.807, 2.05) is 0 Å². The van der Waals surface area contributed by atoms with Gasteiger partial charge in [0, 0.05) is 12.3 Å². The van der Waals surface area contributed by atoms with E-state index < -0.39 is 24.5 Å². The van der Waals surface area contributed by atoms with Crippen LogP contribution in [0.1, 0.15) is 31.7 Å². The first kappa shape index (κ1) is 21.4. The molecule has 0 aromatic heterocycles. The molecular formula is C20H27F3O5. The maximum absolute atomic E-state index is 13.8. The number of benzene rings is 1. The number of alkyl halides is 2. The van der Waals surface area contributed by atoms with E-state index in [0.29, 0.717) is 50.8 Å². The highest BCUT2D eigenvalue weighted by Crippen LogP contribution is 2.26. The molecule has 0 radical (unpaired) electrons. The second-order valence-corrected chi connectivity index (χ2v) is 7.23. The molecule has 0 saturated carbocycles. The summed E-state index contributed by atoms with van der Waals surface area (Å²) in [4.78, 5) is 0. The van der Waals surface area contributed by atoms with Crippen molar-refractivity contribution < 1.29 is 36.9 Å². The van der Waals surface area contributed by atoms with Crippen molar-refractivity contribution in [1.82, 2.24) is 0 Å². The second-order valence-electron chi connectivity index (χ2n) is 7.23. The lowest BCUT2D eigenvalue weighted by atomic mass is 10.0. The summed E-state index contributed by atoms with van der Waals surface area (Å²) in [6.45, 7) is 1.46. The van der Waals surface area contributed by atoms with E-state index in [1.54, 1.807) is 6.07 Å². The molecule has 1 aromatic carbocycles. The van der Waals surface area contributed by atoms with Gasteiger partial charge in [0.15, 0.2) is 24.1 Å². The minimum Gasteiger partial charge on any atom is -0.432 e. The molecule has 28 heavy (non-hydrogen) atoms.